The van der Waals surface area contributed by atoms with E-state index in [0.29, 0.717) is 5.69 Å². The highest BCUT2D eigenvalue weighted by Gasteiger charge is 2.30. The quantitative estimate of drug-likeness (QED) is 0.835. The molecule has 0 heterocycles. The number of hydrogen-bond donors (Lipinski definition) is 1. The maximum Gasteiger partial charge on any atom is 0.276 e. The number of amides is 1. The van der Waals surface area contributed by atoms with E-state index in [1.807, 2.05) is 12.1 Å². The zero-order valence-corrected chi connectivity index (χ0v) is 13.2. The molecule has 0 fully saturated rings. The van der Waals surface area contributed by atoms with Crippen LogP contribution in [0.5, 0.6) is 0 Å². The van der Waals surface area contributed by atoms with Crippen LogP contribution in [0.1, 0.15) is 19.4 Å². The van der Waals surface area contributed by atoms with Gasteiger partial charge in [-0.15, -0.1) is 0 Å². The van der Waals surface area contributed by atoms with E-state index in [1.165, 1.54) is 5.56 Å². The van der Waals surface area contributed by atoms with Crippen LogP contribution in [0, 0.1) is 0 Å². The highest BCUT2D eigenvalue weighted by molar-refractivity contribution is 6.76. The Morgan fingerprint density at radius 3 is 2.11 bits per heavy atom. The Labute approximate surface area is 128 Å². The fraction of sp³-hybridized carbons (Fsp3) is 0.462. The lowest BCUT2D eigenvalue weighted by atomic mass is 10.2. The van der Waals surface area contributed by atoms with Crippen LogP contribution in [0.4, 0.5) is 5.69 Å². The van der Waals surface area contributed by atoms with Crippen molar-refractivity contribution >= 4 is 46.4 Å². The predicted molar refractivity (Wildman–Crippen MR) is 82.0 cm³/mol. The molecular weight excluding hydrogens is 307 g/mol. The molecule has 0 saturated carbocycles. The molecule has 0 aliphatic carbocycles. The van der Waals surface area contributed by atoms with Gasteiger partial charge in [0, 0.05) is 12.2 Å². The number of benzene rings is 1. The molecule has 0 radical (unpaired) electrons. The summed E-state index contributed by atoms with van der Waals surface area (Å²) in [6.45, 7) is 7.13. The van der Waals surface area contributed by atoms with Gasteiger partial charge in [-0.3, -0.25) is 9.69 Å². The van der Waals surface area contributed by atoms with Gasteiger partial charge in [-0.05, 0) is 30.8 Å². The number of rotatable bonds is 5. The summed E-state index contributed by atoms with van der Waals surface area (Å²) in [5, 5.41) is 2.54. The second-order valence-corrected chi connectivity index (χ2v) is 6.39. The Balaban J connectivity index is 2.64. The fourth-order valence-corrected chi connectivity index (χ4v) is 1.74. The van der Waals surface area contributed by atoms with Crippen LogP contribution in [-0.2, 0) is 11.3 Å². The fourth-order valence-electron chi connectivity index (χ4n) is 1.60. The van der Waals surface area contributed by atoms with E-state index in [9.17, 15) is 4.79 Å². The standard InChI is InChI=1S/C13H17Cl3N2O/c1-3-18(4-2)9-10-5-7-11(8-6-10)17-12(19)13(14,15)16/h5-8H,3-4,9H2,1-2H3,(H,17,19). The van der Waals surface area contributed by atoms with E-state index in [1.54, 1.807) is 12.1 Å². The van der Waals surface area contributed by atoms with Gasteiger partial charge in [-0.1, -0.05) is 60.8 Å². The lowest BCUT2D eigenvalue weighted by Gasteiger charge is -2.18. The molecule has 0 aliphatic heterocycles. The zero-order valence-electron chi connectivity index (χ0n) is 10.9. The van der Waals surface area contributed by atoms with Gasteiger partial charge in [0.05, 0.1) is 0 Å². The van der Waals surface area contributed by atoms with E-state index in [4.69, 9.17) is 34.8 Å². The molecule has 6 heteroatoms. The second kappa shape index (κ2) is 7.34. The summed E-state index contributed by atoms with van der Waals surface area (Å²) in [6.07, 6.45) is 0. The Kier molecular flexibility index (Phi) is 6.40. The van der Waals surface area contributed by atoms with Gasteiger partial charge >= 0.3 is 0 Å². The molecule has 0 bridgehead atoms. The molecule has 0 saturated heterocycles. The Hall–Kier alpha value is -0.480. The number of carbonyl (C=O) groups is 1. The Morgan fingerprint density at radius 1 is 1.16 bits per heavy atom. The topological polar surface area (TPSA) is 32.3 Å². The number of anilines is 1. The zero-order chi connectivity index (χ0) is 14.5. The van der Waals surface area contributed by atoms with E-state index in [0.717, 1.165) is 19.6 Å². The summed E-state index contributed by atoms with van der Waals surface area (Å²) in [7, 11) is 0. The van der Waals surface area contributed by atoms with Crippen molar-refractivity contribution in [1.82, 2.24) is 4.90 Å². The van der Waals surface area contributed by atoms with Crippen molar-refractivity contribution in [1.29, 1.82) is 0 Å². The summed E-state index contributed by atoms with van der Waals surface area (Å²) in [5.41, 5.74) is 1.79. The number of nitrogens with one attached hydrogen (secondary N) is 1. The first-order valence-electron chi connectivity index (χ1n) is 6.06. The highest BCUT2D eigenvalue weighted by Crippen LogP contribution is 2.27. The number of alkyl halides is 3. The molecule has 1 rings (SSSR count). The highest BCUT2D eigenvalue weighted by atomic mass is 35.6. The Morgan fingerprint density at radius 2 is 1.68 bits per heavy atom. The largest absolute Gasteiger partial charge is 0.322 e. The smallest absolute Gasteiger partial charge is 0.276 e. The maximum absolute atomic E-state index is 11.5. The van der Waals surface area contributed by atoms with E-state index < -0.39 is 9.70 Å². The van der Waals surface area contributed by atoms with Crippen LogP contribution in [-0.4, -0.2) is 27.7 Å². The number of carbonyl (C=O) groups excluding carboxylic acids is 1. The monoisotopic (exact) mass is 322 g/mol. The van der Waals surface area contributed by atoms with Crippen LogP contribution < -0.4 is 5.32 Å². The first kappa shape index (κ1) is 16.6. The average Bonchev–Trinajstić information content (AvgIpc) is 2.36. The molecule has 0 aromatic heterocycles. The third-order valence-corrected chi connectivity index (χ3v) is 3.28. The molecule has 1 aromatic rings. The van der Waals surface area contributed by atoms with Crippen LogP contribution in [0.25, 0.3) is 0 Å². The minimum atomic E-state index is -1.94. The van der Waals surface area contributed by atoms with Gasteiger partial charge in [0.2, 0.25) is 0 Å². The molecule has 19 heavy (non-hydrogen) atoms. The van der Waals surface area contributed by atoms with Gasteiger partial charge < -0.3 is 5.32 Å². The SMILES string of the molecule is CCN(CC)Cc1ccc(NC(=O)C(Cl)(Cl)Cl)cc1. The van der Waals surface area contributed by atoms with Crippen molar-refractivity contribution in [2.75, 3.05) is 18.4 Å². The van der Waals surface area contributed by atoms with Crippen LogP contribution >= 0.6 is 34.8 Å². The van der Waals surface area contributed by atoms with Crippen LogP contribution in [0.2, 0.25) is 0 Å². The molecule has 1 aromatic carbocycles. The molecule has 0 spiro atoms. The average molecular weight is 324 g/mol. The Bertz CT molecular complexity index is 411. The van der Waals surface area contributed by atoms with Crippen LogP contribution in [0.3, 0.4) is 0 Å². The van der Waals surface area contributed by atoms with Crippen molar-refractivity contribution < 1.29 is 4.79 Å². The number of nitrogens with zero attached hydrogens (tertiary/aromatic N) is 1. The third-order valence-electron chi connectivity index (χ3n) is 2.77. The minimum Gasteiger partial charge on any atom is -0.322 e. The van der Waals surface area contributed by atoms with Crippen molar-refractivity contribution in [3.8, 4) is 0 Å². The molecule has 1 N–H and O–H groups in total. The number of halogens is 3. The lowest BCUT2D eigenvalue weighted by molar-refractivity contribution is -0.115. The molecule has 0 aliphatic rings. The van der Waals surface area contributed by atoms with E-state index in [2.05, 4.69) is 24.1 Å². The van der Waals surface area contributed by atoms with E-state index in [-0.39, 0.29) is 0 Å². The second-order valence-electron chi connectivity index (χ2n) is 4.11. The first-order valence-corrected chi connectivity index (χ1v) is 7.19. The molecule has 0 unspecified atom stereocenters. The minimum absolute atomic E-state index is 0.611. The van der Waals surface area contributed by atoms with Crippen molar-refractivity contribution in [2.24, 2.45) is 0 Å². The first-order chi connectivity index (χ1) is 8.86. The van der Waals surface area contributed by atoms with Gasteiger partial charge in [0.25, 0.3) is 9.70 Å². The van der Waals surface area contributed by atoms with Crippen molar-refractivity contribution in [3.63, 3.8) is 0 Å². The molecule has 1 amide bonds. The maximum atomic E-state index is 11.5. The van der Waals surface area contributed by atoms with Gasteiger partial charge in [-0.2, -0.15) is 0 Å². The third kappa shape index (κ3) is 5.57. The summed E-state index contributed by atoms with van der Waals surface area (Å²) in [6, 6.07) is 7.50. The van der Waals surface area contributed by atoms with E-state index >= 15 is 0 Å². The molecule has 0 atom stereocenters. The van der Waals surface area contributed by atoms with Crippen molar-refractivity contribution in [3.05, 3.63) is 29.8 Å². The van der Waals surface area contributed by atoms with Gasteiger partial charge in [0.15, 0.2) is 0 Å². The predicted octanol–water partition coefficient (Wildman–Crippen LogP) is 3.84. The lowest BCUT2D eigenvalue weighted by Crippen LogP contribution is -2.27. The number of hydrogen-bond acceptors (Lipinski definition) is 2. The summed E-state index contributed by atoms with van der Waals surface area (Å²) >= 11 is 16.5. The summed E-state index contributed by atoms with van der Waals surface area (Å²) in [4.78, 5) is 13.8. The van der Waals surface area contributed by atoms with Gasteiger partial charge in [0.1, 0.15) is 0 Å². The summed E-state index contributed by atoms with van der Waals surface area (Å²) < 4.78 is -1.94. The molecule has 3 nitrogen and oxygen atoms in total. The normalized spacial score (nSPS) is 11.7. The van der Waals surface area contributed by atoms with Crippen LogP contribution in [0.15, 0.2) is 24.3 Å². The molecule has 106 valence electrons. The molecular formula is C13H17Cl3N2O. The van der Waals surface area contributed by atoms with Crippen molar-refractivity contribution in [2.45, 2.75) is 24.2 Å². The summed E-state index contributed by atoms with van der Waals surface area (Å²) in [5.74, 6) is -0.658. The van der Waals surface area contributed by atoms with Gasteiger partial charge in [-0.25, -0.2) is 0 Å².